The maximum absolute atomic E-state index is 12.3. The largest absolute Gasteiger partial charge is 0.369 e. The number of hydrogen-bond acceptors (Lipinski definition) is 5. The summed E-state index contributed by atoms with van der Waals surface area (Å²) >= 11 is 0. The first-order chi connectivity index (χ1) is 11.1. The number of imidazole rings is 1. The Labute approximate surface area is 133 Å². The quantitative estimate of drug-likeness (QED) is 0.777. The van der Waals surface area contributed by atoms with Crippen molar-refractivity contribution in [3.63, 3.8) is 0 Å². The number of primary amides is 1. The summed E-state index contributed by atoms with van der Waals surface area (Å²) in [6.07, 6.45) is 7.11. The summed E-state index contributed by atoms with van der Waals surface area (Å²) in [5, 5.41) is 2.92. The Hall–Kier alpha value is -2.48. The number of nitrogens with one attached hydrogen (secondary N) is 1. The van der Waals surface area contributed by atoms with Crippen LogP contribution in [0.15, 0.2) is 24.7 Å². The number of rotatable bonds is 5. The number of piperidine rings is 1. The Kier molecular flexibility index (Phi) is 4.52. The van der Waals surface area contributed by atoms with Crippen molar-refractivity contribution >= 4 is 17.6 Å². The van der Waals surface area contributed by atoms with E-state index in [1.54, 1.807) is 6.20 Å². The summed E-state index contributed by atoms with van der Waals surface area (Å²) in [5.74, 6) is 0.132. The molecule has 2 amide bonds. The zero-order valence-electron chi connectivity index (χ0n) is 12.8. The predicted molar refractivity (Wildman–Crippen MR) is 83.2 cm³/mol. The van der Waals surface area contributed by atoms with Gasteiger partial charge in [-0.1, -0.05) is 0 Å². The second-order valence-corrected chi connectivity index (χ2v) is 5.82. The first-order valence-electron chi connectivity index (χ1n) is 7.69. The molecule has 1 fully saturated rings. The molecule has 0 saturated carbocycles. The normalized spacial score (nSPS) is 18.9. The SMILES string of the molecule is NC(=O)CN1CCCC(C(=O)NCc2cn3cccnc3n2)C1. The zero-order valence-corrected chi connectivity index (χ0v) is 12.8. The maximum atomic E-state index is 12.3. The first kappa shape index (κ1) is 15.4. The Bertz CT molecular complexity index is 680. The predicted octanol–water partition coefficient (Wildman–Crippen LogP) is -0.457. The molecule has 0 bridgehead atoms. The topological polar surface area (TPSA) is 106 Å². The number of carbonyl (C=O) groups is 2. The van der Waals surface area contributed by atoms with E-state index in [0.717, 1.165) is 25.1 Å². The molecule has 3 N–H and O–H groups in total. The standard InChI is InChI=1S/C15H20N6O2/c16-13(22)10-20-5-1-3-11(8-20)14(23)18-7-12-9-21-6-2-4-17-15(21)19-12/h2,4,6,9,11H,1,3,5,7-8,10H2,(H2,16,22)(H,18,23). The van der Waals surface area contributed by atoms with Crippen LogP contribution in [0.3, 0.4) is 0 Å². The Morgan fingerprint density at radius 2 is 2.30 bits per heavy atom. The number of likely N-dealkylation sites (tertiary alicyclic amines) is 1. The fourth-order valence-electron chi connectivity index (χ4n) is 2.92. The van der Waals surface area contributed by atoms with Crippen molar-refractivity contribution in [3.05, 3.63) is 30.4 Å². The molecule has 0 aromatic carbocycles. The van der Waals surface area contributed by atoms with Gasteiger partial charge in [-0.2, -0.15) is 0 Å². The van der Waals surface area contributed by atoms with Crippen molar-refractivity contribution in [3.8, 4) is 0 Å². The third kappa shape index (κ3) is 3.84. The summed E-state index contributed by atoms with van der Waals surface area (Å²) in [4.78, 5) is 33.7. The minimum Gasteiger partial charge on any atom is -0.369 e. The molecule has 1 aliphatic rings. The second-order valence-electron chi connectivity index (χ2n) is 5.82. The van der Waals surface area contributed by atoms with E-state index in [1.165, 1.54) is 0 Å². The lowest BCUT2D eigenvalue weighted by Crippen LogP contribution is -2.45. The molecule has 1 aliphatic heterocycles. The minimum atomic E-state index is -0.358. The number of carbonyl (C=O) groups excluding carboxylic acids is 2. The van der Waals surface area contributed by atoms with Crippen molar-refractivity contribution in [2.75, 3.05) is 19.6 Å². The van der Waals surface area contributed by atoms with Gasteiger partial charge < -0.3 is 11.1 Å². The van der Waals surface area contributed by atoms with E-state index in [1.807, 2.05) is 27.8 Å². The maximum Gasteiger partial charge on any atom is 0.233 e. The lowest BCUT2D eigenvalue weighted by molar-refractivity contribution is -0.128. The van der Waals surface area contributed by atoms with Gasteiger partial charge in [-0.25, -0.2) is 9.97 Å². The Morgan fingerprint density at radius 3 is 3.09 bits per heavy atom. The third-order valence-electron chi connectivity index (χ3n) is 3.98. The third-order valence-corrected chi connectivity index (χ3v) is 3.98. The number of aromatic nitrogens is 3. The van der Waals surface area contributed by atoms with Crippen molar-refractivity contribution in [2.45, 2.75) is 19.4 Å². The molecule has 1 atom stereocenters. The van der Waals surface area contributed by atoms with Gasteiger partial charge in [0.25, 0.3) is 0 Å². The summed E-state index contributed by atoms with van der Waals surface area (Å²) in [6, 6.07) is 1.83. The lowest BCUT2D eigenvalue weighted by atomic mass is 9.97. The van der Waals surface area contributed by atoms with E-state index < -0.39 is 0 Å². The average Bonchev–Trinajstić information content (AvgIpc) is 2.95. The van der Waals surface area contributed by atoms with Crippen molar-refractivity contribution < 1.29 is 9.59 Å². The van der Waals surface area contributed by atoms with Crippen LogP contribution < -0.4 is 11.1 Å². The minimum absolute atomic E-state index is 0.0100. The monoisotopic (exact) mass is 316 g/mol. The number of hydrogen-bond donors (Lipinski definition) is 2. The van der Waals surface area contributed by atoms with Gasteiger partial charge in [0.2, 0.25) is 17.6 Å². The van der Waals surface area contributed by atoms with Crippen molar-refractivity contribution in [2.24, 2.45) is 11.7 Å². The van der Waals surface area contributed by atoms with Crippen molar-refractivity contribution in [1.82, 2.24) is 24.6 Å². The van der Waals surface area contributed by atoms with Gasteiger partial charge in [0.15, 0.2) is 0 Å². The van der Waals surface area contributed by atoms with Crippen LogP contribution in [0.2, 0.25) is 0 Å². The van der Waals surface area contributed by atoms with Gasteiger partial charge in [-0.05, 0) is 25.5 Å². The molecule has 8 heteroatoms. The average molecular weight is 316 g/mol. The van der Waals surface area contributed by atoms with Crippen LogP contribution in [0, 0.1) is 5.92 Å². The highest BCUT2D eigenvalue weighted by Gasteiger charge is 2.26. The van der Waals surface area contributed by atoms with Gasteiger partial charge in [0.1, 0.15) is 0 Å². The van der Waals surface area contributed by atoms with E-state index in [-0.39, 0.29) is 24.3 Å². The number of fused-ring (bicyclic) bond motifs is 1. The highest BCUT2D eigenvalue weighted by atomic mass is 16.2. The van der Waals surface area contributed by atoms with Gasteiger partial charge in [-0.3, -0.25) is 18.9 Å². The van der Waals surface area contributed by atoms with Gasteiger partial charge in [0.05, 0.1) is 24.7 Å². The fourth-order valence-corrected chi connectivity index (χ4v) is 2.92. The van der Waals surface area contributed by atoms with Crippen LogP contribution in [0.5, 0.6) is 0 Å². The van der Waals surface area contributed by atoms with Crippen molar-refractivity contribution in [1.29, 1.82) is 0 Å². The molecule has 8 nitrogen and oxygen atoms in total. The van der Waals surface area contributed by atoms with E-state index >= 15 is 0 Å². The molecule has 0 radical (unpaired) electrons. The summed E-state index contributed by atoms with van der Waals surface area (Å²) in [5.41, 5.74) is 5.98. The van der Waals surface area contributed by atoms with E-state index in [2.05, 4.69) is 15.3 Å². The summed E-state index contributed by atoms with van der Waals surface area (Å²) < 4.78 is 1.82. The molecule has 1 unspecified atom stereocenters. The molecular weight excluding hydrogens is 296 g/mol. The van der Waals surface area contributed by atoms with Crippen LogP contribution in [-0.2, 0) is 16.1 Å². The Balaban J connectivity index is 1.55. The van der Waals surface area contributed by atoms with Crippen LogP contribution in [0.4, 0.5) is 0 Å². The molecule has 0 spiro atoms. The van der Waals surface area contributed by atoms with Gasteiger partial charge in [-0.15, -0.1) is 0 Å². The van der Waals surface area contributed by atoms with E-state index in [9.17, 15) is 9.59 Å². The van der Waals surface area contributed by atoms with Crippen LogP contribution in [-0.4, -0.2) is 50.7 Å². The van der Waals surface area contributed by atoms with Crippen LogP contribution in [0.25, 0.3) is 5.78 Å². The fraction of sp³-hybridized carbons (Fsp3) is 0.467. The molecule has 122 valence electrons. The molecule has 2 aromatic heterocycles. The molecule has 1 saturated heterocycles. The number of nitrogens with two attached hydrogens (primary N) is 1. The molecule has 3 heterocycles. The molecule has 3 rings (SSSR count). The van der Waals surface area contributed by atoms with Crippen LogP contribution in [0.1, 0.15) is 18.5 Å². The summed E-state index contributed by atoms with van der Waals surface area (Å²) in [6.45, 7) is 1.96. The van der Waals surface area contributed by atoms with Crippen LogP contribution >= 0.6 is 0 Å². The van der Waals surface area contributed by atoms with E-state index in [4.69, 9.17) is 5.73 Å². The summed E-state index contributed by atoms with van der Waals surface area (Å²) in [7, 11) is 0. The van der Waals surface area contributed by atoms with E-state index in [0.29, 0.717) is 18.9 Å². The molecule has 0 aliphatic carbocycles. The zero-order chi connectivity index (χ0) is 16.2. The second kappa shape index (κ2) is 6.74. The smallest absolute Gasteiger partial charge is 0.233 e. The highest BCUT2D eigenvalue weighted by molar-refractivity contribution is 5.79. The molecule has 2 aromatic rings. The van der Waals surface area contributed by atoms with Gasteiger partial charge >= 0.3 is 0 Å². The Morgan fingerprint density at radius 1 is 1.43 bits per heavy atom. The lowest BCUT2D eigenvalue weighted by Gasteiger charge is -2.30. The molecule has 23 heavy (non-hydrogen) atoms. The highest BCUT2D eigenvalue weighted by Crippen LogP contribution is 2.16. The number of nitrogens with zero attached hydrogens (tertiary/aromatic N) is 4. The van der Waals surface area contributed by atoms with Gasteiger partial charge in [0, 0.05) is 25.1 Å². The number of amides is 2. The first-order valence-corrected chi connectivity index (χ1v) is 7.69. The molecular formula is C15H20N6O2.